The van der Waals surface area contributed by atoms with Gasteiger partial charge in [-0.2, -0.15) is 0 Å². The van der Waals surface area contributed by atoms with E-state index in [-0.39, 0.29) is 31.6 Å². The molecule has 7 heteroatoms. The lowest BCUT2D eigenvalue weighted by Crippen LogP contribution is -2.31. The van der Waals surface area contributed by atoms with Gasteiger partial charge in [0, 0.05) is 12.8 Å². The Bertz CT molecular complexity index is 1460. The molecule has 2 atom stereocenters. The van der Waals surface area contributed by atoms with Crippen LogP contribution in [0.3, 0.4) is 0 Å². The van der Waals surface area contributed by atoms with Crippen LogP contribution in [0.2, 0.25) is 0 Å². The van der Waals surface area contributed by atoms with Crippen molar-refractivity contribution >= 4 is 28.7 Å². The van der Waals surface area contributed by atoms with Gasteiger partial charge in [0.05, 0.1) is 13.0 Å². The molecule has 338 valence electrons. The standard InChI is InChI=1S/C53H84O7/c1-5-7-9-11-13-15-17-19-21-23-25-27-29-31-33-35-51(54)58-43-50(44-59-53(56)45(3)46-37-38-48-42-49(57-4)40-39-47(48)41-46)60-52(55)36-34-32-30-28-26-24-22-20-18-16-14-12-10-8-6-2/h19-22,37-42,45,50H,5-18,23-36,43-44H2,1-4H3/b21-19-,22-20-. The van der Waals surface area contributed by atoms with Crippen molar-refractivity contribution in [2.24, 2.45) is 0 Å². The van der Waals surface area contributed by atoms with Gasteiger partial charge < -0.3 is 18.9 Å². The van der Waals surface area contributed by atoms with E-state index in [1.165, 1.54) is 103 Å². The summed E-state index contributed by atoms with van der Waals surface area (Å²) in [6.07, 6.45) is 39.9. The molecule has 2 rings (SSSR count). The maximum Gasteiger partial charge on any atom is 0.313 e. The van der Waals surface area contributed by atoms with E-state index < -0.39 is 18.0 Å². The SMILES string of the molecule is CCCCCCCC/C=C\CCCCCCCC(=O)OCC(COC(=O)C(C)c1ccc2cc(OC)ccc2c1)OC(=O)CCCCCCC/C=C\CCCCCCCC. The van der Waals surface area contributed by atoms with E-state index in [9.17, 15) is 14.4 Å². The molecule has 0 aromatic heterocycles. The third-order valence-electron chi connectivity index (χ3n) is 11.4. The topological polar surface area (TPSA) is 88.1 Å². The van der Waals surface area contributed by atoms with Crippen molar-refractivity contribution in [1.82, 2.24) is 0 Å². The molecule has 60 heavy (non-hydrogen) atoms. The fourth-order valence-electron chi connectivity index (χ4n) is 7.37. The summed E-state index contributed by atoms with van der Waals surface area (Å²) in [5, 5.41) is 2.01. The van der Waals surface area contributed by atoms with E-state index in [1.54, 1.807) is 14.0 Å². The van der Waals surface area contributed by atoms with Gasteiger partial charge in [-0.25, -0.2) is 0 Å². The molecule has 0 heterocycles. The Kier molecular flexibility index (Phi) is 31.6. The summed E-state index contributed by atoms with van der Waals surface area (Å²) >= 11 is 0. The van der Waals surface area contributed by atoms with E-state index in [0.717, 1.165) is 86.3 Å². The molecule has 0 bridgehead atoms. The number of hydrogen-bond donors (Lipinski definition) is 0. The molecule has 0 aliphatic rings. The Balaban J connectivity index is 1.73. The molecule has 0 saturated heterocycles. The number of fused-ring (bicyclic) bond motifs is 1. The average Bonchev–Trinajstić information content (AvgIpc) is 3.26. The van der Waals surface area contributed by atoms with Gasteiger partial charge in [0.1, 0.15) is 19.0 Å². The third-order valence-corrected chi connectivity index (χ3v) is 11.4. The molecule has 0 aliphatic carbocycles. The number of hydrogen-bond acceptors (Lipinski definition) is 7. The summed E-state index contributed by atoms with van der Waals surface area (Å²) in [6.45, 7) is 6.00. The van der Waals surface area contributed by atoms with Crippen molar-refractivity contribution < 1.29 is 33.3 Å². The summed E-state index contributed by atoms with van der Waals surface area (Å²) in [6, 6.07) is 11.7. The first-order valence-electron chi connectivity index (χ1n) is 24.3. The van der Waals surface area contributed by atoms with Crippen LogP contribution in [0.15, 0.2) is 60.7 Å². The monoisotopic (exact) mass is 833 g/mol. The van der Waals surface area contributed by atoms with Gasteiger partial charge in [0.15, 0.2) is 6.10 Å². The number of methoxy groups -OCH3 is 1. The van der Waals surface area contributed by atoms with Crippen molar-refractivity contribution in [3.05, 3.63) is 66.3 Å². The Morgan fingerprint density at radius 1 is 0.517 bits per heavy atom. The third kappa shape index (κ3) is 26.6. The first-order chi connectivity index (χ1) is 29.4. The first-order valence-corrected chi connectivity index (χ1v) is 24.3. The van der Waals surface area contributed by atoms with Crippen LogP contribution in [-0.2, 0) is 28.6 Å². The molecule has 0 saturated carbocycles. The van der Waals surface area contributed by atoms with Crippen molar-refractivity contribution in [2.75, 3.05) is 20.3 Å². The van der Waals surface area contributed by atoms with Crippen LogP contribution in [0.4, 0.5) is 0 Å². The van der Waals surface area contributed by atoms with Crippen LogP contribution in [0.1, 0.15) is 212 Å². The Morgan fingerprint density at radius 3 is 1.47 bits per heavy atom. The summed E-state index contributed by atoms with van der Waals surface area (Å²) in [5.41, 5.74) is 0.821. The van der Waals surface area contributed by atoms with Crippen LogP contribution >= 0.6 is 0 Å². The fraction of sp³-hybridized carbons (Fsp3) is 0.679. The van der Waals surface area contributed by atoms with E-state index in [2.05, 4.69) is 38.2 Å². The van der Waals surface area contributed by atoms with Crippen molar-refractivity contribution in [1.29, 1.82) is 0 Å². The zero-order valence-corrected chi connectivity index (χ0v) is 38.5. The number of ether oxygens (including phenoxy) is 4. The lowest BCUT2D eigenvalue weighted by Gasteiger charge is -2.20. The highest BCUT2D eigenvalue weighted by Crippen LogP contribution is 2.26. The molecule has 0 spiro atoms. The number of unbranched alkanes of at least 4 members (excludes halogenated alkanes) is 22. The molecule has 0 radical (unpaired) electrons. The smallest absolute Gasteiger partial charge is 0.313 e. The largest absolute Gasteiger partial charge is 0.497 e. The second-order valence-electron chi connectivity index (χ2n) is 16.8. The van der Waals surface area contributed by atoms with Crippen LogP contribution in [0, 0.1) is 0 Å². The first kappa shape index (κ1) is 52.5. The van der Waals surface area contributed by atoms with Gasteiger partial charge >= 0.3 is 17.9 Å². The zero-order valence-electron chi connectivity index (χ0n) is 38.5. The summed E-state index contributed by atoms with van der Waals surface area (Å²) in [5.74, 6) is -0.875. The number of benzene rings is 2. The van der Waals surface area contributed by atoms with Crippen LogP contribution in [0.5, 0.6) is 5.75 Å². The highest BCUT2D eigenvalue weighted by atomic mass is 16.6. The van der Waals surface area contributed by atoms with Gasteiger partial charge in [-0.1, -0.05) is 165 Å². The molecule has 0 N–H and O–H groups in total. The summed E-state index contributed by atoms with van der Waals surface area (Å²) in [4.78, 5) is 38.8. The van der Waals surface area contributed by atoms with Crippen molar-refractivity contribution in [2.45, 2.75) is 213 Å². The molecule has 0 aliphatic heterocycles. The van der Waals surface area contributed by atoms with Gasteiger partial charge in [-0.05, 0) is 99.6 Å². The molecule has 2 aromatic carbocycles. The predicted molar refractivity (Wildman–Crippen MR) is 250 cm³/mol. The highest BCUT2D eigenvalue weighted by Gasteiger charge is 2.23. The number of rotatable bonds is 38. The van der Waals surface area contributed by atoms with Gasteiger partial charge in [0.2, 0.25) is 0 Å². The molecule has 2 unspecified atom stereocenters. The van der Waals surface area contributed by atoms with Crippen LogP contribution in [0.25, 0.3) is 10.8 Å². The molecule has 7 nitrogen and oxygen atoms in total. The van der Waals surface area contributed by atoms with Gasteiger partial charge in [-0.15, -0.1) is 0 Å². The minimum Gasteiger partial charge on any atom is -0.497 e. The van der Waals surface area contributed by atoms with Gasteiger partial charge in [0.25, 0.3) is 0 Å². The number of carbonyl (C=O) groups excluding carboxylic acids is 3. The van der Waals surface area contributed by atoms with Crippen molar-refractivity contribution in [3.8, 4) is 5.75 Å². The normalized spacial score (nSPS) is 12.6. The number of allylic oxidation sites excluding steroid dienone is 4. The summed E-state index contributed by atoms with van der Waals surface area (Å²) < 4.78 is 22.3. The van der Waals surface area contributed by atoms with Crippen molar-refractivity contribution in [3.63, 3.8) is 0 Å². The maximum atomic E-state index is 13.2. The second-order valence-corrected chi connectivity index (χ2v) is 16.8. The predicted octanol–water partition coefficient (Wildman–Crippen LogP) is 15.0. The van der Waals surface area contributed by atoms with Crippen LogP contribution in [-0.4, -0.2) is 44.3 Å². The lowest BCUT2D eigenvalue weighted by atomic mass is 9.98. The molecule has 0 amide bonds. The van der Waals surface area contributed by atoms with Gasteiger partial charge in [-0.3, -0.25) is 14.4 Å². The minimum absolute atomic E-state index is 0.137. The lowest BCUT2D eigenvalue weighted by molar-refractivity contribution is -0.167. The van der Waals surface area contributed by atoms with E-state index in [4.69, 9.17) is 18.9 Å². The van der Waals surface area contributed by atoms with E-state index >= 15 is 0 Å². The van der Waals surface area contributed by atoms with E-state index in [0.29, 0.717) is 6.42 Å². The zero-order chi connectivity index (χ0) is 43.3. The molecule has 2 aromatic rings. The second kappa shape index (κ2) is 36.1. The van der Waals surface area contributed by atoms with E-state index in [1.807, 2.05) is 36.4 Å². The molecule has 0 fully saturated rings. The Labute approximate surface area is 365 Å². The maximum absolute atomic E-state index is 13.2. The number of esters is 3. The Morgan fingerprint density at radius 2 is 0.950 bits per heavy atom. The fourth-order valence-corrected chi connectivity index (χ4v) is 7.37. The Hall–Kier alpha value is -3.61. The quantitative estimate of drug-likeness (QED) is 0.0288. The minimum atomic E-state index is -0.862. The highest BCUT2D eigenvalue weighted by molar-refractivity contribution is 5.86. The van der Waals surface area contributed by atoms with Crippen LogP contribution < -0.4 is 4.74 Å². The summed E-state index contributed by atoms with van der Waals surface area (Å²) in [7, 11) is 1.64. The molecular formula is C53H84O7. The molecular weight excluding hydrogens is 749 g/mol. The number of carbonyl (C=O) groups is 3. The average molecular weight is 833 g/mol.